The van der Waals surface area contributed by atoms with Gasteiger partial charge in [-0.05, 0) is 24.7 Å². The van der Waals surface area contributed by atoms with Crippen molar-refractivity contribution >= 4 is 6.03 Å². The molecule has 0 aromatic carbocycles. The molecule has 0 aliphatic heterocycles. The summed E-state index contributed by atoms with van der Waals surface area (Å²) in [5, 5.41) is 15.8. The fourth-order valence-corrected chi connectivity index (χ4v) is 2.49. The molecular formula is C16H26N6O. The van der Waals surface area contributed by atoms with E-state index in [2.05, 4.69) is 48.3 Å². The Morgan fingerprint density at radius 3 is 2.57 bits per heavy atom. The van der Waals surface area contributed by atoms with Gasteiger partial charge in [-0.1, -0.05) is 57.4 Å². The van der Waals surface area contributed by atoms with Crippen molar-refractivity contribution in [1.82, 2.24) is 30.0 Å². The van der Waals surface area contributed by atoms with E-state index in [4.69, 9.17) is 0 Å². The van der Waals surface area contributed by atoms with Crippen molar-refractivity contribution in [2.45, 2.75) is 66.2 Å². The van der Waals surface area contributed by atoms with Gasteiger partial charge in [0.05, 0.1) is 23.8 Å². The van der Waals surface area contributed by atoms with Crippen molar-refractivity contribution in [2.75, 3.05) is 0 Å². The Morgan fingerprint density at radius 1 is 1.17 bits per heavy atom. The molecule has 0 fully saturated rings. The Balaban J connectivity index is 2.23. The number of aromatic nitrogens is 6. The summed E-state index contributed by atoms with van der Waals surface area (Å²) in [6, 6.07) is -0.339. The van der Waals surface area contributed by atoms with Crippen LogP contribution in [0.1, 0.15) is 64.8 Å². The largest absolute Gasteiger partial charge is 0.372 e. The Hall–Kier alpha value is -2.05. The van der Waals surface area contributed by atoms with Gasteiger partial charge in [0.15, 0.2) is 0 Å². The summed E-state index contributed by atoms with van der Waals surface area (Å²) in [7, 11) is 0. The normalized spacial score (nSPS) is 11.8. The summed E-state index contributed by atoms with van der Waals surface area (Å²) in [4.78, 5) is 12.5. The van der Waals surface area contributed by atoms with E-state index in [1.165, 1.54) is 41.0 Å². The Kier molecular flexibility index (Phi) is 5.63. The number of rotatable bonds is 6. The van der Waals surface area contributed by atoms with Gasteiger partial charge in [0.2, 0.25) is 0 Å². The van der Waals surface area contributed by atoms with Gasteiger partial charge in [-0.15, -0.1) is 10.2 Å². The molecule has 0 amide bonds. The molecule has 0 radical (unpaired) electrons. The molecule has 0 unspecified atom stereocenters. The minimum Gasteiger partial charge on any atom is -0.243 e. The molecule has 2 heterocycles. The lowest BCUT2D eigenvalue weighted by Crippen LogP contribution is -2.25. The lowest BCUT2D eigenvalue weighted by Gasteiger charge is -2.18. The molecular weight excluding hydrogens is 292 g/mol. The zero-order valence-electron chi connectivity index (χ0n) is 14.5. The van der Waals surface area contributed by atoms with Crippen LogP contribution in [0.15, 0.2) is 12.4 Å². The molecule has 0 bridgehead atoms. The maximum atomic E-state index is 12.5. The SMILES string of the molecule is CCCCCCc1nnn(C(=O)n2ccnn2)c1CC(C)(C)C. The number of carbonyl (C=O) groups is 1. The van der Waals surface area contributed by atoms with E-state index >= 15 is 0 Å². The molecule has 7 nitrogen and oxygen atoms in total. The highest BCUT2D eigenvalue weighted by Gasteiger charge is 2.24. The van der Waals surface area contributed by atoms with E-state index in [0.717, 1.165) is 30.7 Å². The smallest absolute Gasteiger partial charge is 0.243 e. The van der Waals surface area contributed by atoms with E-state index in [-0.39, 0.29) is 11.4 Å². The summed E-state index contributed by atoms with van der Waals surface area (Å²) in [6.45, 7) is 8.62. The number of aryl methyl sites for hydroxylation is 1. The van der Waals surface area contributed by atoms with Gasteiger partial charge < -0.3 is 0 Å². The third-order valence-electron chi connectivity index (χ3n) is 3.61. The van der Waals surface area contributed by atoms with Crippen molar-refractivity contribution in [3.05, 3.63) is 23.8 Å². The number of carbonyl (C=O) groups excluding carboxylic acids is 1. The van der Waals surface area contributed by atoms with E-state index in [9.17, 15) is 4.79 Å². The van der Waals surface area contributed by atoms with Crippen molar-refractivity contribution < 1.29 is 4.79 Å². The van der Waals surface area contributed by atoms with Crippen LogP contribution < -0.4 is 0 Å². The maximum Gasteiger partial charge on any atom is 0.372 e. The summed E-state index contributed by atoms with van der Waals surface area (Å²) in [5.74, 6) is 0. The minimum absolute atomic E-state index is 0.0419. The van der Waals surface area contributed by atoms with E-state index in [1.54, 1.807) is 0 Å². The molecule has 2 aromatic rings. The van der Waals surface area contributed by atoms with Crippen molar-refractivity contribution in [3.63, 3.8) is 0 Å². The highest BCUT2D eigenvalue weighted by atomic mass is 16.2. The molecule has 0 aliphatic carbocycles. The average Bonchev–Trinajstić information content (AvgIpc) is 3.12. The van der Waals surface area contributed by atoms with Crippen LogP contribution in [0.25, 0.3) is 0 Å². The first-order valence-electron chi connectivity index (χ1n) is 8.27. The van der Waals surface area contributed by atoms with Gasteiger partial charge in [0.25, 0.3) is 0 Å². The minimum atomic E-state index is -0.339. The second-order valence-electron chi connectivity index (χ2n) is 7.07. The highest BCUT2D eigenvalue weighted by Crippen LogP contribution is 2.23. The number of hydrogen-bond acceptors (Lipinski definition) is 5. The second kappa shape index (κ2) is 7.48. The van der Waals surface area contributed by atoms with Crippen molar-refractivity contribution in [3.8, 4) is 0 Å². The van der Waals surface area contributed by atoms with Crippen LogP contribution in [0, 0.1) is 5.41 Å². The molecule has 0 atom stereocenters. The zero-order chi connectivity index (χ0) is 16.9. The first-order chi connectivity index (χ1) is 10.9. The van der Waals surface area contributed by atoms with Crippen LogP contribution in [-0.2, 0) is 12.8 Å². The number of nitrogens with zero attached hydrogens (tertiary/aromatic N) is 6. The highest BCUT2D eigenvalue weighted by molar-refractivity contribution is 5.77. The van der Waals surface area contributed by atoms with Gasteiger partial charge >= 0.3 is 6.03 Å². The maximum absolute atomic E-state index is 12.5. The molecule has 23 heavy (non-hydrogen) atoms. The fraction of sp³-hybridized carbons (Fsp3) is 0.688. The summed E-state index contributed by atoms with van der Waals surface area (Å²) in [5.41, 5.74) is 1.85. The van der Waals surface area contributed by atoms with Gasteiger partial charge in [0.1, 0.15) is 0 Å². The summed E-state index contributed by atoms with van der Waals surface area (Å²) >= 11 is 0. The van der Waals surface area contributed by atoms with Crippen LogP contribution >= 0.6 is 0 Å². The molecule has 0 N–H and O–H groups in total. The average molecular weight is 318 g/mol. The summed E-state index contributed by atoms with van der Waals surface area (Å²) < 4.78 is 2.55. The Labute approximate surface area is 137 Å². The van der Waals surface area contributed by atoms with Crippen LogP contribution in [0.5, 0.6) is 0 Å². The molecule has 0 saturated carbocycles. The first-order valence-corrected chi connectivity index (χ1v) is 8.27. The van der Waals surface area contributed by atoms with Crippen LogP contribution in [0.3, 0.4) is 0 Å². The number of hydrogen-bond donors (Lipinski definition) is 0. The number of unbranched alkanes of at least 4 members (excludes halogenated alkanes) is 3. The third kappa shape index (κ3) is 4.71. The molecule has 7 heteroatoms. The predicted octanol–water partition coefficient (Wildman–Crippen LogP) is 3.10. The Bertz CT molecular complexity index is 624. The first kappa shape index (κ1) is 17.3. The fourth-order valence-electron chi connectivity index (χ4n) is 2.49. The zero-order valence-corrected chi connectivity index (χ0v) is 14.5. The standard InChI is InChI=1S/C16H26N6O/c1-5-6-7-8-9-13-14(12-16(2,3)4)22(20-18-13)15(23)21-11-10-17-19-21/h10-11H,5-9,12H2,1-4H3. The van der Waals surface area contributed by atoms with Crippen LogP contribution in [-0.4, -0.2) is 36.0 Å². The quantitative estimate of drug-likeness (QED) is 0.765. The van der Waals surface area contributed by atoms with Crippen LogP contribution in [0.2, 0.25) is 0 Å². The van der Waals surface area contributed by atoms with Crippen molar-refractivity contribution in [2.24, 2.45) is 5.41 Å². The monoisotopic (exact) mass is 318 g/mol. The molecule has 2 rings (SSSR count). The lowest BCUT2D eigenvalue weighted by molar-refractivity contribution is 0.235. The molecule has 2 aromatic heterocycles. The lowest BCUT2D eigenvalue weighted by atomic mass is 9.89. The molecule has 0 saturated heterocycles. The predicted molar refractivity (Wildman–Crippen MR) is 87.2 cm³/mol. The molecule has 0 spiro atoms. The molecule has 0 aliphatic rings. The van der Waals surface area contributed by atoms with Gasteiger partial charge in [-0.3, -0.25) is 0 Å². The van der Waals surface area contributed by atoms with Gasteiger partial charge in [-0.2, -0.15) is 9.36 Å². The van der Waals surface area contributed by atoms with Gasteiger partial charge in [-0.25, -0.2) is 4.79 Å². The van der Waals surface area contributed by atoms with E-state index in [1.807, 2.05) is 0 Å². The topological polar surface area (TPSA) is 78.5 Å². The second-order valence-corrected chi connectivity index (χ2v) is 7.07. The van der Waals surface area contributed by atoms with E-state index < -0.39 is 0 Å². The van der Waals surface area contributed by atoms with E-state index in [0.29, 0.717) is 0 Å². The Morgan fingerprint density at radius 2 is 1.96 bits per heavy atom. The van der Waals surface area contributed by atoms with Gasteiger partial charge in [0, 0.05) is 0 Å². The molecule has 126 valence electrons. The van der Waals surface area contributed by atoms with Crippen LogP contribution in [0.4, 0.5) is 4.79 Å². The van der Waals surface area contributed by atoms with Crippen molar-refractivity contribution in [1.29, 1.82) is 0 Å². The summed E-state index contributed by atoms with van der Waals surface area (Å²) in [6.07, 6.45) is 9.26. The third-order valence-corrected chi connectivity index (χ3v) is 3.61.